The van der Waals surface area contributed by atoms with Gasteiger partial charge in [0.25, 0.3) is 0 Å². The number of likely N-dealkylation sites (N-methyl/N-ethyl adjacent to an activating group) is 2. The molecule has 34 heavy (non-hydrogen) atoms. The lowest BCUT2D eigenvalue weighted by Gasteiger charge is -2.22. The van der Waals surface area contributed by atoms with E-state index in [2.05, 4.69) is 40.2 Å². The highest BCUT2D eigenvalue weighted by Crippen LogP contribution is 2.44. The summed E-state index contributed by atoms with van der Waals surface area (Å²) in [5.74, 6) is 0.101. The van der Waals surface area contributed by atoms with Crippen molar-refractivity contribution >= 4 is 12.0 Å². The zero-order valence-corrected chi connectivity index (χ0v) is 20.1. The Morgan fingerprint density at radius 1 is 0.853 bits per heavy atom. The van der Waals surface area contributed by atoms with Crippen molar-refractivity contribution in [1.82, 2.24) is 20.9 Å². The number of fused-ring (bicyclic) bond motifs is 3. The summed E-state index contributed by atoms with van der Waals surface area (Å²) in [4.78, 5) is 26.4. The molecule has 0 radical (unpaired) electrons. The van der Waals surface area contributed by atoms with Crippen molar-refractivity contribution in [2.75, 3.05) is 66.6 Å². The highest BCUT2D eigenvalue weighted by Gasteiger charge is 2.28. The minimum absolute atomic E-state index is 0.0363. The van der Waals surface area contributed by atoms with Crippen molar-refractivity contribution < 1.29 is 19.1 Å². The van der Waals surface area contributed by atoms with E-state index in [0.29, 0.717) is 39.3 Å². The molecule has 0 saturated heterocycles. The van der Waals surface area contributed by atoms with Gasteiger partial charge < -0.3 is 30.3 Å². The van der Waals surface area contributed by atoms with Crippen molar-refractivity contribution in [3.05, 3.63) is 59.7 Å². The fourth-order valence-corrected chi connectivity index (χ4v) is 4.15. The summed E-state index contributed by atoms with van der Waals surface area (Å²) < 4.78 is 11.0. The number of rotatable bonds is 14. The molecule has 0 saturated carbocycles. The van der Waals surface area contributed by atoms with E-state index in [4.69, 9.17) is 9.47 Å². The van der Waals surface area contributed by atoms with Gasteiger partial charge in [0, 0.05) is 38.6 Å². The van der Waals surface area contributed by atoms with Crippen molar-refractivity contribution in [2.24, 2.45) is 0 Å². The Hall–Kier alpha value is -2.94. The smallest absolute Gasteiger partial charge is 0.407 e. The molecule has 8 nitrogen and oxygen atoms in total. The van der Waals surface area contributed by atoms with Gasteiger partial charge in [-0.1, -0.05) is 48.5 Å². The van der Waals surface area contributed by atoms with E-state index >= 15 is 0 Å². The zero-order valence-electron chi connectivity index (χ0n) is 20.1. The second-order valence-corrected chi connectivity index (χ2v) is 8.20. The van der Waals surface area contributed by atoms with Gasteiger partial charge in [-0.05, 0) is 36.3 Å². The third-order valence-corrected chi connectivity index (χ3v) is 5.94. The van der Waals surface area contributed by atoms with Crippen molar-refractivity contribution in [2.45, 2.75) is 12.3 Å². The number of hydrogen-bond acceptors (Lipinski definition) is 6. The predicted molar refractivity (Wildman–Crippen MR) is 133 cm³/mol. The predicted octanol–water partition coefficient (Wildman–Crippen LogP) is 2.20. The lowest BCUT2D eigenvalue weighted by atomic mass is 9.98. The summed E-state index contributed by atoms with van der Waals surface area (Å²) in [6.45, 7) is 4.09. The van der Waals surface area contributed by atoms with E-state index < -0.39 is 6.09 Å². The Balaban J connectivity index is 1.34. The molecule has 1 aliphatic rings. The molecule has 0 atom stereocenters. The molecule has 8 heteroatoms. The molecule has 1 aliphatic carbocycles. The average molecular weight is 469 g/mol. The van der Waals surface area contributed by atoms with Crippen LogP contribution in [-0.4, -0.2) is 83.5 Å². The van der Waals surface area contributed by atoms with Crippen LogP contribution in [-0.2, 0) is 14.3 Å². The Morgan fingerprint density at radius 3 is 2.03 bits per heavy atom. The molecule has 0 heterocycles. The summed E-state index contributed by atoms with van der Waals surface area (Å²) in [6.07, 6.45) is -0.148. The van der Waals surface area contributed by atoms with Crippen LogP contribution in [0.4, 0.5) is 4.79 Å². The summed E-state index contributed by atoms with van der Waals surface area (Å²) in [5, 5.41) is 8.85. The minimum atomic E-state index is -0.466. The molecule has 2 aromatic rings. The topological polar surface area (TPSA) is 91.9 Å². The maximum absolute atomic E-state index is 12.4. The van der Waals surface area contributed by atoms with Crippen LogP contribution in [0, 0.1) is 0 Å². The third kappa shape index (κ3) is 7.03. The van der Waals surface area contributed by atoms with Crippen molar-refractivity contribution in [1.29, 1.82) is 0 Å². The lowest BCUT2D eigenvalue weighted by Crippen LogP contribution is -2.40. The van der Waals surface area contributed by atoms with Crippen molar-refractivity contribution in [3.8, 4) is 11.1 Å². The highest BCUT2D eigenvalue weighted by atomic mass is 16.5. The molecular weight excluding hydrogens is 432 g/mol. The Bertz CT molecular complexity index is 883. The monoisotopic (exact) mass is 468 g/mol. The maximum Gasteiger partial charge on any atom is 0.407 e. The van der Waals surface area contributed by atoms with Gasteiger partial charge >= 0.3 is 6.09 Å². The first-order valence-corrected chi connectivity index (χ1v) is 11.9. The van der Waals surface area contributed by atoms with Crippen LogP contribution in [0.2, 0.25) is 0 Å². The fourth-order valence-electron chi connectivity index (χ4n) is 4.15. The van der Waals surface area contributed by atoms with Gasteiger partial charge in [0.2, 0.25) is 5.91 Å². The van der Waals surface area contributed by atoms with E-state index in [0.717, 1.165) is 13.1 Å². The summed E-state index contributed by atoms with van der Waals surface area (Å²) in [5.41, 5.74) is 4.77. The first-order chi connectivity index (χ1) is 16.7. The second kappa shape index (κ2) is 13.7. The van der Waals surface area contributed by atoms with Crippen molar-refractivity contribution in [3.63, 3.8) is 0 Å². The van der Waals surface area contributed by atoms with E-state index in [-0.39, 0.29) is 18.4 Å². The minimum Gasteiger partial charge on any atom is -0.449 e. The van der Waals surface area contributed by atoms with Crippen LogP contribution in [0.1, 0.15) is 23.5 Å². The van der Waals surface area contributed by atoms with Crippen LogP contribution in [0.3, 0.4) is 0 Å². The standard InChI is InChI=1S/C26H36N4O4/c1-27-12-15-30(16-13-28-2)25(31)11-17-33-18-14-29-26(32)34-19-24-22-9-5-3-7-20(22)21-8-4-6-10-23(21)24/h3-10,24,27-28H,11-19H2,1-2H3,(H,29,32). The molecule has 0 fully saturated rings. The van der Waals surface area contributed by atoms with Gasteiger partial charge in [-0.3, -0.25) is 4.79 Å². The molecule has 2 amide bonds. The molecule has 0 bridgehead atoms. The number of hydrogen-bond donors (Lipinski definition) is 3. The van der Waals surface area contributed by atoms with E-state index in [1.165, 1.54) is 22.3 Å². The maximum atomic E-state index is 12.4. The van der Waals surface area contributed by atoms with Gasteiger partial charge in [-0.2, -0.15) is 0 Å². The van der Waals surface area contributed by atoms with E-state index in [1.54, 1.807) is 0 Å². The van der Waals surface area contributed by atoms with Crippen LogP contribution >= 0.6 is 0 Å². The first-order valence-electron chi connectivity index (χ1n) is 11.9. The highest BCUT2D eigenvalue weighted by molar-refractivity contribution is 5.79. The number of nitrogens with zero attached hydrogens (tertiary/aromatic N) is 1. The number of benzene rings is 2. The second-order valence-electron chi connectivity index (χ2n) is 8.20. The van der Waals surface area contributed by atoms with Crippen LogP contribution < -0.4 is 16.0 Å². The number of carbonyl (C=O) groups is 2. The molecule has 0 spiro atoms. The fraction of sp³-hybridized carbons (Fsp3) is 0.462. The van der Waals surface area contributed by atoms with E-state index in [9.17, 15) is 9.59 Å². The Labute approximate surface area is 202 Å². The van der Waals surface area contributed by atoms with Gasteiger partial charge in [0.1, 0.15) is 6.61 Å². The number of carbonyl (C=O) groups excluding carboxylic acids is 2. The Kier molecular flexibility index (Phi) is 10.3. The van der Waals surface area contributed by atoms with Gasteiger partial charge in [-0.25, -0.2) is 4.79 Å². The molecule has 3 rings (SSSR count). The zero-order chi connectivity index (χ0) is 24.2. The molecule has 0 aromatic heterocycles. The summed E-state index contributed by atoms with van der Waals surface area (Å²) in [7, 11) is 3.74. The summed E-state index contributed by atoms with van der Waals surface area (Å²) in [6, 6.07) is 16.5. The number of amides is 2. The molecule has 0 unspecified atom stereocenters. The summed E-state index contributed by atoms with van der Waals surface area (Å²) >= 11 is 0. The Morgan fingerprint density at radius 2 is 1.44 bits per heavy atom. The SMILES string of the molecule is CNCCN(CCNC)C(=O)CCOCCNC(=O)OCC1c2ccccc2-c2ccccc21. The van der Waals surface area contributed by atoms with Crippen LogP contribution in [0.15, 0.2) is 48.5 Å². The normalized spacial score (nSPS) is 12.2. The number of alkyl carbamates (subject to hydrolysis) is 1. The number of nitrogens with one attached hydrogen (secondary N) is 3. The molecule has 3 N–H and O–H groups in total. The molecular formula is C26H36N4O4. The van der Waals surface area contributed by atoms with E-state index in [1.807, 2.05) is 43.3 Å². The molecule has 2 aromatic carbocycles. The molecule has 0 aliphatic heterocycles. The van der Waals surface area contributed by atoms with Gasteiger partial charge in [0.05, 0.1) is 19.6 Å². The van der Waals surface area contributed by atoms with Crippen LogP contribution in [0.5, 0.6) is 0 Å². The molecule has 184 valence electrons. The van der Waals surface area contributed by atoms with Crippen LogP contribution in [0.25, 0.3) is 11.1 Å². The van der Waals surface area contributed by atoms with Gasteiger partial charge in [-0.15, -0.1) is 0 Å². The number of ether oxygens (including phenoxy) is 2. The largest absolute Gasteiger partial charge is 0.449 e. The van der Waals surface area contributed by atoms with Gasteiger partial charge in [0.15, 0.2) is 0 Å². The lowest BCUT2D eigenvalue weighted by molar-refractivity contribution is -0.132. The quantitative estimate of drug-likeness (QED) is 0.368. The third-order valence-electron chi connectivity index (χ3n) is 5.94. The average Bonchev–Trinajstić information content (AvgIpc) is 3.18. The first kappa shape index (κ1) is 25.7.